The number of hydrogen-bond donors (Lipinski definition) is 4. The standard InChI is InChI=1S/C43H51NO9/c1-7-39(4)25-32(46)43(50)40(5)31(45)23-24-38(2,3)36(40)35(37(49)41(43,6)53-39)52-34(48)27-51-33(47)26-44-42(28-17-11-8-12-18-28,29-19-13-9-14-20-29)30-21-15-10-16-22-30/h7-22,31,35-37,44-45,49-50H,1,23-27H2,2-6H3/t31-,35-,36-,37-,39-,40-,41+,43-/m0/s1. The van der Waals surface area contributed by atoms with Gasteiger partial charge >= 0.3 is 11.9 Å². The molecular formula is C43H51NO9. The Hall–Kier alpha value is -4.19. The number of nitrogens with one attached hydrogen (secondary N) is 1. The molecule has 0 unspecified atom stereocenters. The summed E-state index contributed by atoms with van der Waals surface area (Å²) in [4.78, 5) is 41.1. The first-order valence-corrected chi connectivity index (χ1v) is 18.2. The summed E-state index contributed by atoms with van der Waals surface area (Å²) in [6.07, 6.45) is -2.30. The molecule has 282 valence electrons. The quantitative estimate of drug-likeness (QED) is 0.132. The number of aliphatic hydroxyl groups excluding tert-OH is 2. The molecule has 6 rings (SSSR count). The van der Waals surface area contributed by atoms with E-state index in [4.69, 9.17) is 14.2 Å². The Morgan fingerprint density at radius 2 is 1.40 bits per heavy atom. The summed E-state index contributed by atoms with van der Waals surface area (Å²) in [5.74, 6) is -3.15. The van der Waals surface area contributed by atoms with Crippen LogP contribution < -0.4 is 5.32 Å². The number of carbonyl (C=O) groups excluding carboxylic acids is 3. The summed E-state index contributed by atoms with van der Waals surface area (Å²) in [6.45, 7) is 11.2. The second-order valence-corrected chi connectivity index (χ2v) is 16.1. The zero-order valence-corrected chi connectivity index (χ0v) is 31.1. The molecule has 0 radical (unpaired) electrons. The average molecular weight is 726 g/mol. The number of ketones is 1. The fourth-order valence-corrected chi connectivity index (χ4v) is 9.86. The lowest BCUT2D eigenvalue weighted by atomic mass is 9.40. The van der Waals surface area contributed by atoms with Crippen molar-refractivity contribution < 1.29 is 43.9 Å². The monoisotopic (exact) mass is 725 g/mol. The number of benzene rings is 3. The molecule has 3 aromatic carbocycles. The van der Waals surface area contributed by atoms with Gasteiger partial charge in [-0.3, -0.25) is 14.9 Å². The number of fused-ring (bicyclic) bond motifs is 3. The fourth-order valence-electron chi connectivity index (χ4n) is 9.86. The first-order valence-electron chi connectivity index (χ1n) is 18.2. The van der Waals surface area contributed by atoms with Gasteiger partial charge in [-0.15, -0.1) is 6.58 Å². The topological polar surface area (TPSA) is 152 Å². The van der Waals surface area contributed by atoms with Gasteiger partial charge in [0.1, 0.15) is 17.8 Å². The van der Waals surface area contributed by atoms with Crippen LogP contribution in [0.2, 0.25) is 0 Å². The van der Waals surface area contributed by atoms with Gasteiger partial charge in [0.25, 0.3) is 0 Å². The summed E-state index contributed by atoms with van der Waals surface area (Å²) >= 11 is 0. The molecule has 3 aromatic rings. The van der Waals surface area contributed by atoms with Crippen LogP contribution in [0.4, 0.5) is 0 Å². The van der Waals surface area contributed by atoms with E-state index in [1.165, 1.54) is 13.0 Å². The molecule has 0 amide bonds. The normalized spacial score (nSPS) is 33.5. The molecule has 1 aliphatic heterocycles. The summed E-state index contributed by atoms with van der Waals surface area (Å²) < 4.78 is 17.9. The van der Waals surface area contributed by atoms with Gasteiger partial charge in [-0.2, -0.15) is 0 Å². The molecule has 3 fully saturated rings. The van der Waals surface area contributed by atoms with E-state index in [2.05, 4.69) is 11.9 Å². The number of aliphatic hydroxyl groups is 3. The van der Waals surface area contributed by atoms with E-state index < -0.39 is 81.7 Å². The minimum Gasteiger partial charge on any atom is -0.457 e. The first kappa shape index (κ1) is 38.5. The van der Waals surface area contributed by atoms with Crippen molar-refractivity contribution in [1.82, 2.24) is 5.32 Å². The molecule has 0 aromatic heterocycles. The molecule has 3 aliphatic rings. The lowest BCUT2D eigenvalue weighted by Crippen LogP contribution is -2.86. The smallest absolute Gasteiger partial charge is 0.344 e. The van der Waals surface area contributed by atoms with E-state index in [1.54, 1.807) is 13.8 Å². The average Bonchev–Trinajstić information content (AvgIpc) is 3.15. The number of rotatable bonds is 10. The Bertz CT molecular complexity index is 1740. The predicted octanol–water partition coefficient (Wildman–Crippen LogP) is 4.62. The minimum absolute atomic E-state index is 0.223. The third-order valence-electron chi connectivity index (χ3n) is 12.5. The van der Waals surface area contributed by atoms with Crippen molar-refractivity contribution in [2.24, 2.45) is 16.7 Å². The van der Waals surface area contributed by atoms with Crippen LogP contribution in [0.1, 0.15) is 70.6 Å². The van der Waals surface area contributed by atoms with Crippen LogP contribution in [0, 0.1) is 16.7 Å². The molecule has 8 atom stereocenters. The molecule has 2 saturated carbocycles. The van der Waals surface area contributed by atoms with Crippen LogP contribution >= 0.6 is 0 Å². The van der Waals surface area contributed by atoms with E-state index in [0.717, 1.165) is 16.7 Å². The Labute approximate surface area is 311 Å². The van der Waals surface area contributed by atoms with E-state index >= 15 is 0 Å². The Morgan fingerprint density at radius 1 is 0.887 bits per heavy atom. The molecule has 10 nitrogen and oxygen atoms in total. The van der Waals surface area contributed by atoms with Crippen molar-refractivity contribution >= 4 is 17.7 Å². The zero-order chi connectivity index (χ0) is 38.5. The second-order valence-electron chi connectivity index (χ2n) is 16.1. The molecule has 10 heteroatoms. The van der Waals surface area contributed by atoms with Crippen molar-refractivity contribution in [3.63, 3.8) is 0 Å². The largest absolute Gasteiger partial charge is 0.457 e. The summed E-state index contributed by atoms with van der Waals surface area (Å²) in [6, 6.07) is 29.2. The van der Waals surface area contributed by atoms with Crippen LogP contribution in [0.15, 0.2) is 104 Å². The molecular weight excluding hydrogens is 674 g/mol. The van der Waals surface area contributed by atoms with Crippen molar-refractivity contribution in [3.05, 3.63) is 120 Å². The maximum atomic E-state index is 14.0. The predicted molar refractivity (Wildman–Crippen MR) is 197 cm³/mol. The molecule has 0 spiro atoms. The third kappa shape index (κ3) is 6.05. The number of esters is 2. The van der Waals surface area contributed by atoms with Crippen LogP contribution in [-0.4, -0.2) is 81.3 Å². The van der Waals surface area contributed by atoms with Crippen LogP contribution in [0.5, 0.6) is 0 Å². The Balaban J connectivity index is 1.25. The maximum Gasteiger partial charge on any atom is 0.344 e. The molecule has 1 heterocycles. The highest BCUT2D eigenvalue weighted by Gasteiger charge is 2.81. The van der Waals surface area contributed by atoms with Gasteiger partial charge in [-0.1, -0.05) is 118 Å². The minimum atomic E-state index is -2.34. The van der Waals surface area contributed by atoms with E-state index in [9.17, 15) is 29.7 Å². The number of Topliss-reactive ketones (excluding diaryl/α,β-unsaturated/α-hetero) is 1. The Kier molecular flexibility index (Phi) is 10.1. The number of hydrogen-bond acceptors (Lipinski definition) is 10. The highest BCUT2D eigenvalue weighted by Crippen LogP contribution is 2.67. The highest BCUT2D eigenvalue weighted by atomic mass is 16.6. The maximum absolute atomic E-state index is 14.0. The summed E-state index contributed by atoms with van der Waals surface area (Å²) in [5.41, 5.74) is -6.18. The highest BCUT2D eigenvalue weighted by molar-refractivity contribution is 5.92. The van der Waals surface area contributed by atoms with E-state index in [-0.39, 0.29) is 19.4 Å². The Morgan fingerprint density at radius 3 is 1.89 bits per heavy atom. The van der Waals surface area contributed by atoms with Gasteiger partial charge in [-0.05, 0) is 48.8 Å². The molecule has 0 bridgehead atoms. The van der Waals surface area contributed by atoms with Crippen molar-refractivity contribution in [2.45, 2.75) is 94.5 Å². The molecule has 4 N–H and O–H groups in total. The van der Waals surface area contributed by atoms with Gasteiger partial charge in [-0.25, -0.2) is 4.79 Å². The number of carbonyl (C=O) groups is 3. The first-order chi connectivity index (χ1) is 25.0. The summed E-state index contributed by atoms with van der Waals surface area (Å²) in [5, 5.41) is 39.7. The fraction of sp³-hybridized carbons (Fsp3) is 0.465. The van der Waals surface area contributed by atoms with Gasteiger partial charge in [0, 0.05) is 17.8 Å². The molecule has 53 heavy (non-hydrogen) atoms. The van der Waals surface area contributed by atoms with Gasteiger partial charge in [0.2, 0.25) is 0 Å². The van der Waals surface area contributed by atoms with Crippen molar-refractivity contribution in [1.29, 1.82) is 0 Å². The van der Waals surface area contributed by atoms with Crippen LogP contribution in [0.25, 0.3) is 0 Å². The summed E-state index contributed by atoms with van der Waals surface area (Å²) in [7, 11) is 0. The van der Waals surface area contributed by atoms with E-state index in [1.807, 2.05) is 105 Å². The van der Waals surface area contributed by atoms with Gasteiger partial charge in [0.05, 0.1) is 23.8 Å². The lowest BCUT2D eigenvalue weighted by molar-refractivity contribution is -0.370. The lowest BCUT2D eigenvalue weighted by Gasteiger charge is -2.71. The van der Waals surface area contributed by atoms with Crippen LogP contribution in [0.3, 0.4) is 0 Å². The second kappa shape index (κ2) is 13.9. The van der Waals surface area contributed by atoms with Crippen LogP contribution in [-0.2, 0) is 34.1 Å². The SMILES string of the molecule is C=C[C@@]1(C)CC(=O)[C@]2(O)[C@@]3(C)[C@@H](O)CCC(C)(C)[C@@H]3[C@H](OC(=O)COC(=O)CNC(c3ccccc3)(c3ccccc3)c3ccccc3)[C@H](O)[C@@]2(C)O1. The van der Waals surface area contributed by atoms with E-state index in [0.29, 0.717) is 6.42 Å². The zero-order valence-electron chi connectivity index (χ0n) is 31.1. The van der Waals surface area contributed by atoms with Gasteiger partial charge in [0.15, 0.2) is 18.0 Å². The molecule has 2 aliphatic carbocycles. The van der Waals surface area contributed by atoms with Crippen molar-refractivity contribution in [2.75, 3.05) is 13.2 Å². The number of ether oxygens (including phenoxy) is 3. The van der Waals surface area contributed by atoms with Gasteiger partial charge < -0.3 is 29.5 Å². The molecule has 1 saturated heterocycles. The third-order valence-corrected chi connectivity index (χ3v) is 12.5. The van der Waals surface area contributed by atoms with Crippen molar-refractivity contribution in [3.8, 4) is 0 Å².